The van der Waals surface area contributed by atoms with Gasteiger partial charge in [-0.25, -0.2) is 0 Å². The van der Waals surface area contributed by atoms with Gasteiger partial charge in [-0.1, -0.05) is 44.4 Å². The predicted molar refractivity (Wildman–Crippen MR) is 118 cm³/mol. The van der Waals surface area contributed by atoms with Crippen molar-refractivity contribution < 1.29 is 0 Å². The van der Waals surface area contributed by atoms with Gasteiger partial charge >= 0.3 is 0 Å². The predicted octanol–water partition coefficient (Wildman–Crippen LogP) is 4.89. The van der Waals surface area contributed by atoms with E-state index in [0.29, 0.717) is 6.04 Å². The van der Waals surface area contributed by atoms with Crippen LogP contribution >= 0.6 is 11.5 Å². The van der Waals surface area contributed by atoms with Gasteiger partial charge in [0.15, 0.2) is 5.82 Å². The number of nitrogens with one attached hydrogen (secondary N) is 1. The van der Waals surface area contributed by atoms with Gasteiger partial charge < -0.3 is 10.2 Å². The lowest BCUT2D eigenvalue weighted by Gasteiger charge is -2.32. The Balaban J connectivity index is 1.35. The normalized spacial score (nSPS) is 15.4. The maximum Gasteiger partial charge on any atom is 0.205 e. The largest absolute Gasteiger partial charge is 0.347 e. The Morgan fingerprint density at radius 2 is 1.96 bits per heavy atom. The molecule has 1 aliphatic heterocycles. The highest BCUT2D eigenvalue weighted by Crippen LogP contribution is 2.29. The van der Waals surface area contributed by atoms with Crippen molar-refractivity contribution in [1.29, 1.82) is 0 Å². The number of nitrogens with zero attached hydrogens (tertiary/aromatic N) is 4. The number of anilines is 1. The molecule has 28 heavy (non-hydrogen) atoms. The standard InChI is InChI=1S/C22H29N5S/c1-2-3-4-5-13-23-18-11-15-27(16-12-18)22-25-21(26-28-22)19-10-6-8-17-9-7-14-24-20(17)19/h6-10,14,18,23H,2-5,11-13,15-16H2,1H3. The highest BCUT2D eigenvalue weighted by molar-refractivity contribution is 7.09. The molecule has 5 nitrogen and oxygen atoms in total. The maximum atomic E-state index is 4.85. The Labute approximate surface area is 171 Å². The van der Waals surface area contributed by atoms with E-state index in [9.17, 15) is 0 Å². The molecule has 0 atom stereocenters. The fraction of sp³-hybridized carbons (Fsp3) is 0.500. The summed E-state index contributed by atoms with van der Waals surface area (Å²) < 4.78 is 4.64. The van der Waals surface area contributed by atoms with Crippen LogP contribution in [0.25, 0.3) is 22.3 Å². The minimum Gasteiger partial charge on any atom is -0.347 e. The van der Waals surface area contributed by atoms with Crippen LogP contribution in [0, 0.1) is 0 Å². The lowest BCUT2D eigenvalue weighted by atomic mass is 10.1. The van der Waals surface area contributed by atoms with Crippen molar-refractivity contribution in [3.8, 4) is 11.4 Å². The topological polar surface area (TPSA) is 53.9 Å². The van der Waals surface area contributed by atoms with Crippen LogP contribution in [0.3, 0.4) is 0 Å². The number of pyridine rings is 1. The molecule has 0 aliphatic carbocycles. The SMILES string of the molecule is CCCCCCNC1CCN(c2nc(-c3cccc4cccnc34)ns2)CC1. The molecule has 0 bridgehead atoms. The highest BCUT2D eigenvalue weighted by atomic mass is 32.1. The van der Waals surface area contributed by atoms with E-state index in [0.717, 1.165) is 47.1 Å². The third kappa shape index (κ3) is 4.50. The van der Waals surface area contributed by atoms with Crippen molar-refractivity contribution in [3.63, 3.8) is 0 Å². The zero-order valence-electron chi connectivity index (χ0n) is 16.6. The molecule has 1 fully saturated rings. The van der Waals surface area contributed by atoms with Gasteiger partial charge in [0.2, 0.25) is 5.13 Å². The van der Waals surface area contributed by atoms with E-state index in [1.807, 2.05) is 12.3 Å². The average molecular weight is 396 g/mol. The minimum absolute atomic E-state index is 0.646. The number of hydrogen-bond acceptors (Lipinski definition) is 6. The Kier molecular flexibility index (Phi) is 6.49. The summed E-state index contributed by atoms with van der Waals surface area (Å²) in [5.41, 5.74) is 1.99. The lowest BCUT2D eigenvalue weighted by molar-refractivity contribution is 0.409. The van der Waals surface area contributed by atoms with Gasteiger partial charge in [-0.2, -0.15) is 9.36 Å². The number of aromatic nitrogens is 3. The summed E-state index contributed by atoms with van der Waals surface area (Å²) in [6.07, 6.45) is 9.49. The molecule has 0 saturated carbocycles. The molecule has 2 aromatic heterocycles. The molecule has 148 valence electrons. The molecule has 0 amide bonds. The molecule has 0 spiro atoms. The average Bonchev–Trinajstić information content (AvgIpc) is 3.24. The number of rotatable bonds is 8. The van der Waals surface area contributed by atoms with Crippen molar-refractivity contribution in [2.45, 2.75) is 51.5 Å². The second-order valence-electron chi connectivity index (χ2n) is 7.56. The molecular formula is C22H29N5S. The van der Waals surface area contributed by atoms with Crippen molar-refractivity contribution >= 4 is 27.6 Å². The minimum atomic E-state index is 0.646. The van der Waals surface area contributed by atoms with Crippen LogP contribution in [0.2, 0.25) is 0 Å². The van der Waals surface area contributed by atoms with Crippen LogP contribution in [-0.4, -0.2) is 40.0 Å². The van der Waals surface area contributed by atoms with Gasteiger partial charge in [-0.15, -0.1) is 0 Å². The van der Waals surface area contributed by atoms with Gasteiger partial charge in [0.25, 0.3) is 0 Å². The smallest absolute Gasteiger partial charge is 0.205 e. The van der Waals surface area contributed by atoms with Crippen LogP contribution in [0.1, 0.15) is 45.4 Å². The number of fused-ring (bicyclic) bond motifs is 1. The van der Waals surface area contributed by atoms with E-state index in [4.69, 9.17) is 4.98 Å². The van der Waals surface area contributed by atoms with Crippen LogP contribution in [0.5, 0.6) is 0 Å². The van der Waals surface area contributed by atoms with Gasteiger partial charge in [0.1, 0.15) is 0 Å². The van der Waals surface area contributed by atoms with Crippen molar-refractivity contribution in [3.05, 3.63) is 36.5 Å². The van der Waals surface area contributed by atoms with E-state index >= 15 is 0 Å². The molecule has 1 aromatic carbocycles. The molecule has 1 saturated heterocycles. The van der Waals surface area contributed by atoms with E-state index < -0.39 is 0 Å². The van der Waals surface area contributed by atoms with E-state index in [2.05, 4.69) is 50.8 Å². The van der Waals surface area contributed by atoms with E-state index in [1.54, 1.807) is 0 Å². The van der Waals surface area contributed by atoms with Gasteiger partial charge in [0.05, 0.1) is 5.52 Å². The molecule has 4 rings (SSSR count). The summed E-state index contributed by atoms with van der Waals surface area (Å²) in [6, 6.07) is 10.9. The van der Waals surface area contributed by atoms with Gasteiger partial charge in [-0.05, 0) is 37.9 Å². The number of para-hydroxylation sites is 1. The van der Waals surface area contributed by atoms with Crippen molar-refractivity contribution in [2.75, 3.05) is 24.5 Å². The van der Waals surface area contributed by atoms with Gasteiger partial charge in [0, 0.05) is 47.8 Å². The Morgan fingerprint density at radius 1 is 1.11 bits per heavy atom. The molecule has 3 heterocycles. The molecule has 3 aromatic rings. The number of piperidine rings is 1. The number of unbranched alkanes of at least 4 members (excludes halogenated alkanes) is 3. The van der Waals surface area contributed by atoms with Crippen LogP contribution < -0.4 is 10.2 Å². The second-order valence-corrected chi connectivity index (χ2v) is 8.29. The first-order valence-corrected chi connectivity index (χ1v) is 11.3. The Hall–Kier alpha value is -2.05. The molecule has 1 N–H and O–H groups in total. The van der Waals surface area contributed by atoms with E-state index in [-0.39, 0.29) is 0 Å². The molecule has 0 radical (unpaired) electrons. The van der Waals surface area contributed by atoms with Crippen LogP contribution in [0.4, 0.5) is 5.13 Å². The second kappa shape index (κ2) is 9.43. The molecule has 0 unspecified atom stereocenters. The summed E-state index contributed by atoms with van der Waals surface area (Å²) in [6.45, 7) is 5.52. The summed E-state index contributed by atoms with van der Waals surface area (Å²) in [5, 5.41) is 5.89. The molecular weight excluding hydrogens is 366 g/mol. The van der Waals surface area contributed by atoms with Crippen molar-refractivity contribution in [1.82, 2.24) is 19.7 Å². The highest BCUT2D eigenvalue weighted by Gasteiger charge is 2.22. The summed E-state index contributed by atoms with van der Waals surface area (Å²) >= 11 is 1.50. The fourth-order valence-corrected chi connectivity index (χ4v) is 4.60. The van der Waals surface area contributed by atoms with Crippen molar-refractivity contribution in [2.24, 2.45) is 0 Å². The summed E-state index contributed by atoms with van der Waals surface area (Å²) in [4.78, 5) is 11.8. The molecule has 6 heteroatoms. The zero-order chi connectivity index (χ0) is 19.2. The fourth-order valence-electron chi connectivity index (χ4n) is 3.87. The first kappa shape index (κ1) is 19.3. The zero-order valence-corrected chi connectivity index (χ0v) is 17.4. The number of benzene rings is 1. The van der Waals surface area contributed by atoms with Crippen LogP contribution in [0.15, 0.2) is 36.5 Å². The lowest BCUT2D eigenvalue weighted by Crippen LogP contribution is -2.42. The first-order chi connectivity index (χ1) is 13.8. The van der Waals surface area contributed by atoms with Crippen LogP contribution in [-0.2, 0) is 0 Å². The third-order valence-corrected chi connectivity index (χ3v) is 6.29. The quantitative estimate of drug-likeness (QED) is 0.550. The van der Waals surface area contributed by atoms with E-state index in [1.165, 1.54) is 50.1 Å². The Bertz CT molecular complexity index is 880. The van der Waals surface area contributed by atoms with Gasteiger partial charge in [-0.3, -0.25) is 4.98 Å². The molecule has 1 aliphatic rings. The Morgan fingerprint density at radius 3 is 2.82 bits per heavy atom. The monoisotopic (exact) mass is 395 g/mol. The summed E-state index contributed by atoms with van der Waals surface area (Å²) in [5.74, 6) is 0.792. The summed E-state index contributed by atoms with van der Waals surface area (Å²) in [7, 11) is 0. The number of hydrogen-bond donors (Lipinski definition) is 1. The first-order valence-electron chi connectivity index (χ1n) is 10.5. The third-order valence-electron chi connectivity index (χ3n) is 5.52. The maximum absolute atomic E-state index is 4.85.